The Balaban J connectivity index is 2.55. The van der Waals surface area contributed by atoms with Gasteiger partial charge in [-0.2, -0.15) is 0 Å². The van der Waals surface area contributed by atoms with Crippen molar-refractivity contribution in [3.05, 3.63) is 64.1 Å². The zero-order valence-corrected chi connectivity index (χ0v) is 10.4. The Kier molecular flexibility index (Phi) is 3.44. The van der Waals surface area contributed by atoms with Crippen molar-refractivity contribution in [3.63, 3.8) is 0 Å². The third-order valence-corrected chi connectivity index (χ3v) is 3.03. The quantitative estimate of drug-likeness (QED) is 0.506. The van der Waals surface area contributed by atoms with Crippen LogP contribution in [0.25, 0.3) is 0 Å². The molecule has 3 nitrogen and oxygen atoms in total. The number of hydrogen-bond acceptors (Lipinski definition) is 3. The highest BCUT2D eigenvalue weighted by atomic mass is 79.9. The molecule has 17 heavy (non-hydrogen) atoms. The summed E-state index contributed by atoms with van der Waals surface area (Å²) in [5.74, 6) is 0.0594. The topological polar surface area (TPSA) is 52.8 Å². The van der Waals surface area contributed by atoms with Gasteiger partial charge in [-0.05, 0) is 28.1 Å². The van der Waals surface area contributed by atoms with Gasteiger partial charge in [-0.1, -0.05) is 41.6 Å². The average molecular weight is 292 g/mol. The number of nitrogens with zero attached hydrogens (tertiary/aromatic N) is 1. The molecule has 0 saturated heterocycles. The average Bonchev–Trinajstić information content (AvgIpc) is 2.37. The number of hydrogen-bond donors (Lipinski definition) is 2. The van der Waals surface area contributed by atoms with Crippen molar-refractivity contribution in [1.82, 2.24) is 0 Å². The maximum Gasteiger partial charge on any atom is 0.139 e. The molecule has 0 saturated carbocycles. The summed E-state index contributed by atoms with van der Waals surface area (Å²) in [6.45, 7) is 0. The highest BCUT2D eigenvalue weighted by Crippen LogP contribution is 2.29. The molecule has 0 atom stereocenters. The second kappa shape index (κ2) is 5.01. The second-order valence-corrected chi connectivity index (χ2v) is 4.30. The summed E-state index contributed by atoms with van der Waals surface area (Å²) in [5, 5.41) is 22.3. The fourth-order valence-electron chi connectivity index (χ4n) is 1.57. The number of oxime groups is 1. The lowest BCUT2D eigenvalue weighted by Crippen LogP contribution is -2.03. The Hall–Kier alpha value is -1.81. The smallest absolute Gasteiger partial charge is 0.139 e. The molecule has 2 aromatic carbocycles. The number of halogens is 1. The van der Waals surface area contributed by atoms with E-state index in [0.717, 1.165) is 5.56 Å². The molecule has 4 heteroatoms. The van der Waals surface area contributed by atoms with Crippen LogP contribution in [0, 0.1) is 0 Å². The highest BCUT2D eigenvalue weighted by molar-refractivity contribution is 9.10. The van der Waals surface area contributed by atoms with Gasteiger partial charge in [0.15, 0.2) is 0 Å². The van der Waals surface area contributed by atoms with E-state index < -0.39 is 0 Å². The Morgan fingerprint density at radius 1 is 1.00 bits per heavy atom. The van der Waals surface area contributed by atoms with E-state index in [1.807, 2.05) is 30.3 Å². The summed E-state index contributed by atoms with van der Waals surface area (Å²) in [6, 6.07) is 14.4. The third-order valence-electron chi connectivity index (χ3n) is 2.39. The third kappa shape index (κ3) is 2.31. The zero-order valence-electron chi connectivity index (χ0n) is 8.84. The van der Waals surface area contributed by atoms with E-state index in [2.05, 4.69) is 21.1 Å². The number of phenolic OH excluding ortho intramolecular Hbond substituents is 1. The summed E-state index contributed by atoms with van der Waals surface area (Å²) in [7, 11) is 0. The van der Waals surface area contributed by atoms with Crippen LogP contribution in [0.15, 0.2) is 58.2 Å². The van der Waals surface area contributed by atoms with Gasteiger partial charge >= 0.3 is 0 Å². The van der Waals surface area contributed by atoms with E-state index in [1.165, 1.54) is 0 Å². The van der Waals surface area contributed by atoms with Crippen LogP contribution in [0.4, 0.5) is 0 Å². The lowest BCUT2D eigenvalue weighted by molar-refractivity contribution is 0.319. The van der Waals surface area contributed by atoms with Crippen LogP contribution in [0.2, 0.25) is 0 Å². The monoisotopic (exact) mass is 291 g/mol. The largest absolute Gasteiger partial charge is 0.506 e. The first-order chi connectivity index (χ1) is 8.24. The lowest BCUT2D eigenvalue weighted by Gasteiger charge is -2.08. The van der Waals surface area contributed by atoms with Crippen molar-refractivity contribution in [2.24, 2.45) is 5.16 Å². The second-order valence-electron chi connectivity index (χ2n) is 3.45. The lowest BCUT2D eigenvalue weighted by atomic mass is 10.0. The van der Waals surface area contributed by atoms with E-state index >= 15 is 0 Å². The minimum Gasteiger partial charge on any atom is -0.506 e. The molecule has 0 aliphatic heterocycles. The molecule has 0 amide bonds. The first kappa shape index (κ1) is 11.7. The Morgan fingerprint density at radius 2 is 1.71 bits per heavy atom. The zero-order chi connectivity index (χ0) is 12.3. The molecular formula is C13H10BrNO2. The van der Waals surface area contributed by atoms with E-state index in [9.17, 15) is 5.11 Å². The van der Waals surface area contributed by atoms with Gasteiger partial charge in [0.1, 0.15) is 11.5 Å². The van der Waals surface area contributed by atoms with Gasteiger partial charge in [0, 0.05) is 11.1 Å². The molecule has 0 heterocycles. The van der Waals surface area contributed by atoms with Crippen molar-refractivity contribution in [1.29, 1.82) is 0 Å². The van der Waals surface area contributed by atoms with Crippen molar-refractivity contribution >= 4 is 21.6 Å². The normalized spacial score (nSPS) is 11.5. The van der Waals surface area contributed by atoms with Crippen LogP contribution in [0.5, 0.6) is 5.75 Å². The predicted molar refractivity (Wildman–Crippen MR) is 69.7 cm³/mol. The molecule has 0 fully saturated rings. The van der Waals surface area contributed by atoms with Gasteiger partial charge in [-0.3, -0.25) is 0 Å². The van der Waals surface area contributed by atoms with Crippen LogP contribution in [-0.2, 0) is 0 Å². The van der Waals surface area contributed by atoms with E-state index in [1.54, 1.807) is 18.2 Å². The number of benzene rings is 2. The number of para-hydroxylation sites is 1. The minimum absolute atomic E-state index is 0.0594. The highest BCUT2D eigenvalue weighted by Gasteiger charge is 2.13. The first-order valence-electron chi connectivity index (χ1n) is 4.99. The van der Waals surface area contributed by atoms with E-state index in [4.69, 9.17) is 5.21 Å². The van der Waals surface area contributed by atoms with Crippen LogP contribution in [-0.4, -0.2) is 16.0 Å². The molecule has 0 spiro atoms. The van der Waals surface area contributed by atoms with Gasteiger partial charge in [-0.15, -0.1) is 0 Å². The molecule has 0 bridgehead atoms. The van der Waals surface area contributed by atoms with Crippen LogP contribution >= 0.6 is 15.9 Å². The van der Waals surface area contributed by atoms with Gasteiger partial charge < -0.3 is 10.3 Å². The molecule has 0 aliphatic carbocycles. The van der Waals surface area contributed by atoms with Gasteiger partial charge in [-0.25, -0.2) is 0 Å². The summed E-state index contributed by atoms with van der Waals surface area (Å²) in [6.07, 6.45) is 0. The van der Waals surface area contributed by atoms with Crippen LogP contribution in [0.3, 0.4) is 0 Å². The van der Waals surface area contributed by atoms with Crippen molar-refractivity contribution in [2.45, 2.75) is 0 Å². The molecule has 2 N–H and O–H groups in total. The summed E-state index contributed by atoms with van der Waals surface area (Å²) in [5.41, 5.74) is 1.56. The van der Waals surface area contributed by atoms with Crippen LogP contribution in [0.1, 0.15) is 11.1 Å². The summed E-state index contributed by atoms with van der Waals surface area (Å²) < 4.78 is 0.562. The molecule has 0 aromatic heterocycles. The maximum atomic E-state index is 9.92. The minimum atomic E-state index is 0.0594. The molecule has 0 unspecified atom stereocenters. The predicted octanol–water partition coefficient (Wildman–Crippen LogP) is 3.38. The van der Waals surface area contributed by atoms with Crippen molar-refractivity contribution < 1.29 is 10.3 Å². The first-order valence-corrected chi connectivity index (χ1v) is 5.78. The fraction of sp³-hybridized carbons (Fsp3) is 0. The Labute approximate surface area is 107 Å². The van der Waals surface area contributed by atoms with E-state index in [-0.39, 0.29) is 5.75 Å². The number of rotatable bonds is 2. The van der Waals surface area contributed by atoms with Gasteiger partial charge in [0.2, 0.25) is 0 Å². The number of phenols is 1. The van der Waals surface area contributed by atoms with Crippen LogP contribution < -0.4 is 0 Å². The fourth-order valence-corrected chi connectivity index (χ4v) is 1.94. The van der Waals surface area contributed by atoms with Crippen molar-refractivity contribution in [2.75, 3.05) is 0 Å². The molecule has 2 rings (SSSR count). The summed E-state index contributed by atoms with van der Waals surface area (Å²) >= 11 is 3.23. The molecule has 86 valence electrons. The maximum absolute atomic E-state index is 9.92. The van der Waals surface area contributed by atoms with Gasteiger partial charge in [0.05, 0.1) is 4.47 Å². The Bertz CT molecular complexity index is 553. The Morgan fingerprint density at radius 3 is 2.35 bits per heavy atom. The molecule has 0 radical (unpaired) electrons. The molecular weight excluding hydrogens is 282 g/mol. The summed E-state index contributed by atoms with van der Waals surface area (Å²) in [4.78, 5) is 0. The molecule has 0 aliphatic rings. The number of aromatic hydroxyl groups is 1. The van der Waals surface area contributed by atoms with Crippen molar-refractivity contribution in [3.8, 4) is 5.75 Å². The van der Waals surface area contributed by atoms with Gasteiger partial charge in [0.25, 0.3) is 0 Å². The van der Waals surface area contributed by atoms with E-state index in [0.29, 0.717) is 15.7 Å². The standard InChI is InChI=1S/C13H10BrNO2/c14-11-8-4-7-10(13(11)16)12(15-17)9-5-2-1-3-6-9/h1-8,16-17H/b15-12+. The molecule has 2 aromatic rings. The SMILES string of the molecule is O/N=C(\c1ccccc1)c1cccc(Br)c1O.